The van der Waals surface area contributed by atoms with Gasteiger partial charge < -0.3 is 33.8 Å². The number of carbonyl (C=O) groups is 4. The predicted octanol–water partition coefficient (Wildman–Crippen LogP) is 23.2. The van der Waals surface area contributed by atoms with E-state index >= 15 is 0 Å². The Bertz CT molecular complexity index is 1920. The number of esters is 4. The second-order valence-corrected chi connectivity index (χ2v) is 32.8. The molecule has 0 aromatic carbocycles. The molecule has 0 spiro atoms. The standard InChI is InChI=1S/C79H154O17P2/c1-9-71(7)57-49-41-32-26-19-17-15-13-11-12-14-16-18-20-29-35-45-53-61-78(83)95-74(65-89-76(81)59-51-43-34-28-23-21-25-31-39-47-55-69(3)4)67-93-97(85,86)91-63-73(80)64-92-98(87,88)94-68-75(66-90-77(82)60-52-44-38-37-40-48-56-70(5)6)96-79(84)62-54-46-36-30-24-22-27-33-42-50-58-72(8)10-2/h69-75,80H,9-68H2,1-8H3,(H,85,86)(H,87,88)/t71?,72?,73-,74-,75-/m1/s1. The highest BCUT2D eigenvalue weighted by atomic mass is 31.2. The second kappa shape index (κ2) is 68.2. The van der Waals surface area contributed by atoms with Gasteiger partial charge in [-0.05, 0) is 49.4 Å². The molecule has 98 heavy (non-hydrogen) atoms. The van der Waals surface area contributed by atoms with Crippen molar-refractivity contribution < 1.29 is 80.2 Å². The lowest BCUT2D eigenvalue weighted by atomic mass is 9.99. The molecule has 0 aromatic heterocycles. The molecule has 0 heterocycles. The van der Waals surface area contributed by atoms with Crippen molar-refractivity contribution >= 4 is 39.5 Å². The molecular formula is C79H154O17P2. The highest BCUT2D eigenvalue weighted by Crippen LogP contribution is 2.45. The number of carbonyl (C=O) groups excluding carboxylic acids is 4. The van der Waals surface area contributed by atoms with Gasteiger partial charge in [-0.1, -0.05) is 351 Å². The van der Waals surface area contributed by atoms with Gasteiger partial charge in [-0.25, -0.2) is 9.13 Å². The fourth-order valence-electron chi connectivity index (χ4n) is 12.0. The summed E-state index contributed by atoms with van der Waals surface area (Å²) in [5.41, 5.74) is 0. The number of phosphoric ester groups is 2. The number of phosphoric acid groups is 2. The van der Waals surface area contributed by atoms with Crippen LogP contribution >= 0.6 is 15.6 Å². The van der Waals surface area contributed by atoms with Crippen molar-refractivity contribution in [2.75, 3.05) is 39.6 Å². The van der Waals surface area contributed by atoms with Gasteiger partial charge in [-0.2, -0.15) is 0 Å². The van der Waals surface area contributed by atoms with Crippen molar-refractivity contribution in [3.8, 4) is 0 Å². The summed E-state index contributed by atoms with van der Waals surface area (Å²) in [6.45, 7) is 14.2. The molecule has 0 amide bonds. The van der Waals surface area contributed by atoms with Crippen LogP contribution in [0.2, 0.25) is 0 Å². The Morgan fingerprint density at radius 1 is 0.286 bits per heavy atom. The van der Waals surface area contributed by atoms with Gasteiger partial charge in [-0.3, -0.25) is 37.3 Å². The first-order valence-corrected chi connectivity index (χ1v) is 43.8. The van der Waals surface area contributed by atoms with E-state index in [1.54, 1.807) is 0 Å². The summed E-state index contributed by atoms with van der Waals surface area (Å²) in [7, 11) is -9.92. The van der Waals surface area contributed by atoms with E-state index in [-0.39, 0.29) is 25.7 Å². The van der Waals surface area contributed by atoms with Crippen LogP contribution in [0.4, 0.5) is 0 Å². The van der Waals surface area contributed by atoms with Crippen LogP contribution in [0.3, 0.4) is 0 Å². The number of unbranched alkanes of at least 4 members (excludes halogenated alkanes) is 40. The molecule has 0 bridgehead atoms. The molecule has 19 heteroatoms. The van der Waals surface area contributed by atoms with Gasteiger partial charge in [0.25, 0.3) is 0 Å². The minimum Gasteiger partial charge on any atom is -0.462 e. The summed E-state index contributed by atoms with van der Waals surface area (Å²) < 4.78 is 68.6. The van der Waals surface area contributed by atoms with Gasteiger partial charge in [-0.15, -0.1) is 0 Å². The van der Waals surface area contributed by atoms with Gasteiger partial charge in [0.05, 0.1) is 26.4 Å². The Balaban J connectivity index is 5.20. The van der Waals surface area contributed by atoms with E-state index in [1.807, 2.05) is 0 Å². The predicted molar refractivity (Wildman–Crippen MR) is 400 cm³/mol. The van der Waals surface area contributed by atoms with Crippen LogP contribution in [0.1, 0.15) is 402 Å². The van der Waals surface area contributed by atoms with E-state index in [4.69, 9.17) is 37.0 Å². The molecule has 0 rings (SSSR count). The van der Waals surface area contributed by atoms with Gasteiger partial charge in [0.1, 0.15) is 19.3 Å². The lowest BCUT2D eigenvalue weighted by Gasteiger charge is -2.21. The van der Waals surface area contributed by atoms with Gasteiger partial charge >= 0.3 is 39.5 Å². The molecule has 582 valence electrons. The summed E-state index contributed by atoms with van der Waals surface area (Å²) in [5, 5.41) is 10.6. The molecule has 0 fully saturated rings. The summed E-state index contributed by atoms with van der Waals surface area (Å²) in [6, 6.07) is 0. The van der Waals surface area contributed by atoms with Crippen molar-refractivity contribution in [2.45, 2.75) is 420 Å². The van der Waals surface area contributed by atoms with Crippen LogP contribution < -0.4 is 0 Å². The first-order chi connectivity index (χ1) is 47.2. The van der Waals surface area contributed by atoms with Crippen LogP contribution in [0.25, 0.3) is 0 Å². The van der Waals surface area contributed by atoms with Crippen molar-refractivity contribution in [3.63, 3.8) is 0 Å². The minimum absolute atomic E-state index is 0.105. The molecule has 17 nitrogen and oxygen atoms in total. The fourth-order valence-corrected chi connectivity index (χ4v) is 13.6. The normalized spacial score (nSPS) is 14.6. The van der Waals surface area contributed by atoms with Gasteiger partial charge in [0.2, 0.25) is 0 Å². The zero-order valence-corrected chi connectivity index (χ0v) is 66.2. The van der Waals surface area contributed by atoms with Crippen LogP contribution in [-0.2, 0) is 65.4 Å². The fraction of sp³-hybridized carbons (Fsp3) is 0.949. The maximum absolute atomic E-state index is 13.1. The minimum atomic E-state index is -4.96. The van der Waals surface area contributed by atoms with Crippen LogP contribution in [0.5, 0.6) is 0 Å². The Morgan fingerprint density at radius 2 is 0.490 bits per heavy atom. The molecule has 0 aromatic rings. The molecule has 0 radical (unpaired) electrons. The summed E-state index contributed by atoms with van der Waals surface area (Å²) >= 11 is 0. The maximum atomic E-state index is 13.1. The number of ether oxygens (including phenoxy) is 4. The smallest absolute Gasteiger partial charge is 0.462 e. The van der Waals surface area contributed by atoms with Crippen molar-refractivity contribution in [2.24, 2.45) is 23.7 Å². The second-order valence-electron chi connectivity index (χ2n) is 29.9. The highest BCUT2D eigenvalue weighted by molar-refractivity contribution is 7.47. The highest BCUT2D eigenvalue weighted by Gasteiger charge is 2.30. The number of aliphatic hydroxyl groups excluding tert-OH is 1. The first kappa shape index (κ1) is 96.1. The van der Waals surface area contributed by atoms with E-state index in [0.717, 1.165) is 114 Å². The van der Waals surface area contributed by atoms with Gasteiger partial charge in [0.15, 0.2) is 12.2 Å². The van der Waals surface area contributed by atoms with Crippen molar-refractivity contribution in [1.82, 2.24) is 0 Å². The maximum Gasteiger partial charge on any atom is 0.472 e. The van der Waals surface area contributed by atoms with E-state index in [1.165, 1.54) is 199 Å². The van der Waals surface area contributed by atoms with E-state index < -0.39 is 97.5 Å². The zero-order chi connectivity index (χ0) is 72.4. The van der Waals surface area contributed by atoms with Crippen LogP contribution in [0.15, 0.2) is 0 Å². The van der Waals surface area contributed by atoms with E-state index in [9.17, 15) is 43.2 Å². The average molecular weight is 1440 g/mol. The van der Waals surface area contributed by atoms with E-state index in [0.29, 0.717) is 31.6 Å². The third-order valence-corrected chi connectivity index (χ3v) is 20.9. The summed E-state index contributed by atoms with van der Waals surface area (Å²) in [5.74, 6) is 0.992. The molecule has 0 aliphatic carbocycles. The Morgan fingerprint density at radius 3 is 0.724 bits per heavy atom. The largest absolute Gasteiger partial charge is 0.472 e. The molecule has 0 saturated carbocycles. The van der Waals surface area contributed by atoms with Crippen LogP contribution in [0, 0.1) is 23.7 Å². The quantitative estimate of drug-likeness (QED) is 0.0222. The monoisotopic (exact) mass is 1440 g/mol. The molecule has 0 aliphatic rings. The van der Waals surface area contributed by atoms with Crippen molar-refractivity contribution in [3.05, 3.63) is 0 Å². The SMILES string of the molecule is CCC(C)CCCCCCCCCCCCCCCCCCCCC(=O)O[C@H](COC(=O)CCCCCCCCCCCCC(C)C)COP(=O)(O)OC[C@@H](O)COP(=O)(O)OC[C@@H](COC(=O)CCCCCCCCC(C)C)OC(=O)CCCCCCCCCCCCC(C)CC. The molecule has 0 saturated heterocycles. The Hall–Kier alpha value is -1.94. The number of aliphatic hydroxyl groups is 1. The molecule has 3 N–H and O–H groups in total. The molecule has 7 atom stereocenters. The average Bonchev–Trinajstić information content (AvgIpc) is 0.954. The number of hydrogen-bond donors (Lipinski definition) is 3. The third-order valence-electron chi connectivity index (χ3n) is 19.0. The molecule has 0 aliphatic heterocycles. The van der Waals surface area contributed by atoms with Crippen LogP contribution in [-0.4, -0.2) is 96.7 Å². The van der Waals surface area contributed by atoms with E-state index in [2.05, 4.69) is 55.4 Å². The zero-order valence-electron chi connectivity index (χ0n) is 64.4. The molecule has 4 unspecified atom stereocenters. The first-order valence-electron chi connectivity index (χ1n) is 40.8. The molecular weight excluding hydrogens is 1280 g/mol. The summed E-state index contributed by atoms with van der Waals surface area (Å²) in [4.78, 5) is 72.9. The van der Waals surface area contributed by atoms with Gasteiger partial charge in [0, 0.05) is 25.7 Å². The summed E-state index contributed by atoms with van der Waals surface area (Å²) in [6.07, 6.45) is 54.2. The number of hydrogen-bond acceptors (Lipinski definition) is 15. The third kappa shape index (κ3) is 69.8. The Labute approximate surface area is 600 Å². The Kier molecular flexibility index (Phi) is 66.8. The number of rotatable bonds is 76. The topological polar surface area (TPSA) is 237 Å². The lowest BCUT2D eigenvalue weighted by Crippen LogP contribution is -2.30. The van der Waals surface area contributed by atoms with Crippen molar-refractivity contribution in [1.29, 1.82) is 0 Å². The lowest BCUT2D eigenvalue weighted by molar-refractivity contribution is -0.161.